The van der Waals surface area contributed by atoms with E-state index in [2.05, 4.69) is 0 Å². The highest BCUT2D eigenvalue weighted by atomic mass is 19.1. The van der Waals surface area contributed by atoms with Crippen LogP contribution in [-0.4, -0.2) is 17.0 Å². The van der Waals surface area contributed by atoms with Crippen molar-refractivity contribution in [3.05, 3.63) is 65.7 Å². The van der Waals surface area contributed by atoms with Gasteiger partial charge in [0.1, 0.15) is 17.4 Å². The van der Waals surface area contributed by atoms with Crippen molar-refractivity contribution in [2.75, 3.05) is 0 Å². The van der Waals surface area contributed by atoms with E-state index in [1.807, 2.05) is 0 Å². The Morgan fingerprint density at radius 2 is 1.45 bits per heavy atom. The van der Waals surface area contributed by atoms with Crippen LogP contribution >= 0.6 is 0 Å². The zero-order chi connectivity index (χ0) is 16.1. The third kappa shape index (κ3) is 4.12. The van der Waals surface area contributed by atoms with Gasteiger partial charge in [0.2, 0.25) is 0 Å². The number of rotatable bonds is 5. The van der Waals surface area contributed by atoms with Crippen molar-refractivity contribution in [2.45, 2.75) is 12.3 Å². The number of ether oxygens (including phenoxy) is 1. The molecule has 0 amide bonds. The van der Waals surface area contributed by atoms with Gasteiger partial charge < -0.3 is 9.84 Å². The first-order chi connectivity index (χ1) is 10.5. The fourth-order valence-corrected chi connectivity index (χ4v) is 1.90. The fraction of sp³-hybridized carbons (Fsp3) is 0.125. The highest BCUT2D eigenvalue weighted by Gasteiger charge is 2.25. The number of aliphatic carboxylic acids is 1. The molecule has 114 valence electrons. The van der Waals surface area contributed by atoms with Crippen LogP contribution in [0.4, 0.5) is 8.78 Å². The van der Waals surface area contributed by atoms with E-state index in [1.165, 1.54) is 24.3 Å². The average molecular weight is 306 g/mol. The molecule has 0 bridgehead atoms. The minimum absolute atomic E-state index is 0.101. The van der Waals surface area contributed by atoms with Crippen molar-refractivity contribution in [1.82, 2.24) is 0 Å². The van der Waals surface area contributed by atoms with Crippen molar-refractivity contribution >= 4 is 11.9 Å². The lowest BCUT2D eigenvalue weighted by Gasteiger charge is -2.14. The van der Waals surface area contributed by atoms with Crippen LogP contribution in [0.2, 0.25) is 0 Å². The fourth-order valence-electron chi connectivity index (χ4n) is 1.90. The van der Waals surface area contributed by atoms with Crippen molar-refractivity contribution in [1.29, 1.82) is 0 Å². The van der Waals surface area contributed by atoms with Gasteiger partial charge in [0.25, 0.3) is 0 Å². The van der Waals surface area contributed by atoms with Gasteiger partial charge in [-0.3, -0.25) is 9.59 Å². The topological polar surface area (TPSA) is 63.6 Å². The Morgan fingerprint density at radius 1 is 0.955 bits per heavy atom. The number of carboxylic acid groups (broad SMARTS) is 1. The van der Waals surface area contributed by atoms with E-state index in [4.69, 9.17) is 9.84 Å². The minimum Gasteiger partial charge on any atom is -0.481 e. The number of carboxylic acids is 1. The zero-order valence-corrected chi connectivity index (χ0v) is 11.3. The lowest BCUT2D eigenvalue weighted by Crippen LogP contribution is -2.21. The van der Waals surface area contributed by atoms with E-state index in [9.17, 15) is 18.4 Å². The van der Waals surface area contributed by atoms with E-state index in [0.717, 1.165) is 24.3 Å². The zero-order valence-electron chi connectivity index (χ0n) is 11.3. The average Bonchev–Trinajstić information content (AvgIpc) is 2.48. The molecule has 2 aromatic rings. The Kier molecular flexibility index (Phi) is 4.83. The molecule has 2 rings (SSSR count). The van der Waals surface area contributed by atoms with Crippen molar-refractivity contribution in [2.24, 2.45) is 0 Å². The molecule has 22 heavy (non-hydrogen) atoms. The van der Waals surface area contributed by atoms with Crippen LogP contribution < -0.4 is 4.74 Å². The second-order valence-corrected chi connectivity index (χ2v) is 4.58. The summed E-state index contributed by atoms with van der Waals surface area (Å²) in [4.78, 5) is 23.1. The van der Waals surface area contributed by atoms with Crippen LogP contribution in [0.15, 0.2) is 48.5 Å². The Morgan fingerprint density at radius 3 is 1.95 bits per heavy atom. The molecule has 0 saturated carbocycles. The molecule has 0 saturated heterocycles. The number of halogens is 2. The van der Waals surface area contributed by atoms with E-state index >= 15 is 0 Å². The van der Waals surface area contributed by atoms with E-state index in [-0.39, 0.29) is 5.75 Å². The summed E-state index contributed by atoms with van der Waals surface area (Å²) in [6, 6.07) is 9.68. The quantitative estimate of drug-likeness (QED) is 0.681. The highest BCUT2D eigenvalue weighted by molar-refractivity contribution is 5.85. The smallest absolute Gasteiger partial charge is 0.319 e. The minimum atomic E-state index is -1.19. The number of esters is 1. The largest absolute Gasteiger partial charge is 0.481 e. The maximum atomic E-state index is 12.9. The molecule has 1 N–H and O–H groups in total. The highest BCUT2D eigenvalue weighted by Crippen LogP contribution is 2.23. The summed E-state index contributed by atoms with van der Waals surface area (Å²) in [7, 11) is 0. The molecule has 0 radical (unpaired) electrons. The summed E-state index contributed by atoms with van der Waals surface area (Å²) in [5.41, 5.74) is 0.330. The van der Waals surface area contributed by atoms with Crippen molar-refractivity contribution in [3.8, 4) is 5.75 Å². The van der Waals surface area contributed by atoms with Gasteiger partial charge in [-0.25, -0.2) is 8.78 Å². The van der Waals surface area contributed by atoms with Gasteiger partial charge in [0, 0.05) is 0 Å². The molecule has 2 aromatic carbocycles. The summed E-state index contributed by atoms with van der Waals surface area (Å²) in [5.74, 6) is -3.96. The van der Waals surface area contributed by atoms with Gasteiger partial charge >= 0.3 is 11.9 Å². The molecular weight excluding hydrogens is 294 g/mol. The molecule has 1 atom stereocenters. The first-order valence-electron chi connectivity index (χ1n) is 6.40. The molecule has 0 spiro atoms. The second kappa shape index (κ2) is 6.80. The first kappa shape index (κ1) is 15.6. The lowest BCUT2D eigenvalue weighted by atomic mass is 9.96. The Balaban J connectivity index is 2.20. The Labute approximate surface area is 125 Å². The van der Waals surface area contributed by atoms with E-state index in [1.54, 1.807) is 0 Å². The normalized spacial score (nSPS) is 11.7. The third-order valence-corrected chi connectivity index (χ3v) is 2.97. The Hall–Kier alpha value is -2.76. The van der Waals surface area contributed by atoms with Gasteiger partial charge in [0.15, 0.2) is 0 Å². The molecule has 0 aliphatic carbocycles. The Bertz CT molecular complexity index is 666. The van der Waals surface area contributed by atoms with Crippen LogP contribution in [0.3, 0.4) is 0 Å². The van der Waals surface area contributed by atoms with E-state index < -0.39 is 35.9 Å². The second-order valence-electron chi connectivity index (χ2n) is 4.58. The summed E-state index contributed by atoms with van der Waals surface area (Å²) in [5, 5.41) is 8.92. The number of carbonyl (C=O) groups is 2. The molecule has 0 aliphatic heterocycles. The molecule has 6 heteroatoms. The van der Waals surface area contributed by atoms with Gasteiger partial charge in [-0.2, -0.15) is 0 Å². The predicted molar refractivity (Wildman–Crippen MR) is 73.4 cm³/mol. The molecule has 0 heterocycles. The van der Waals surface area contributed by atoms with Gasteiger partial charge in [-0.1, -0.05) is 12.1 Å². The molecule has 4 nitrogen and oxygen atoms in total. The van der Waals surface area contributed by atoms with Crippen LogP contribution in [0.25, 0.3) is 0 Å². The molecule has 0 aromatic heterocycles. The van der Waals surface area contributed by atoms with Crippen LogP contribution in [0.5, 0.6) is 5.75 Å². The van der Waals surface area contributed by atoms with Crippen LogP contribution in [-0.2, 0) is 9.59 Å². The number of hydrogen-bond acceptors (Lipinski definition) is 3. The number of hydrogen-bond donors (Lipinski definition) is 1. The lowest BCUT2D eigenvalue weighted by molar-refractivity contribution is -0.143. The summed E-state index contributed by atoms with van der Waals surface area (Å²) >= 11 is 0. The predicted octanol–water partition coefficient (Wildman–Crippen LogP) is 3.13. The SMILES string of the molecule is O=C(O)CC(C(=O)Oc1ccc(F)cc1)c1ccc(F)cc1. The molecule has 1 unspecified atom stereocenters. The maximum Gasteiger partial charge on any atom is 0.319 e. The molecular formula is C16H12F2O4. The number of benzene rings is 2. The van der Waals surface area contributed by atoms with Crippen molar-refractivity contribution in [3.63, 3.8) is 0 Å². The standard InChI is InChI=1S/C16H12F2O4/c17-11-3-1-10(2-4-11)14(9-15(19)20)16(21)22-13-7-5-12(18)6-8-13/h1-8,14H,9H2,(H,19,20). The molecule has 0 fully saturated rings. The van der Waals surface area contributed by atoms with Crippen LogP contribution in [0, 0.1) is 11.6 Å². The van der Waals surface area contributed by atoms with Crippen LogP contribution in [0.1, 0.15) is 17.9 Å². The van der Waals surface area contributed by atoms with Gasteiger partial charge in [-0.05, 0) is 42.0 Å². The van der Waals surface area contributed by atoms with E-state index in [0.29, 0.717) is 5.56 Å². The summed E-state index contributed by atoms with van der Waals surface area (Å²) < 4.78 is 30.8. The van der Waals surface area contributed by atoms with Gasteiger partial charge in [0.05, 0.1) is 12.3 Å². The summed E-state index contributed by atoms with van der Waals surface area (Å²) in [6.07, 6.45) is -0.494. The number of carbonyl (C=O) groups excluding carboxylic acids is 1. The van der Waals surface area contributed by atoms with Gasteiger partial charge in [-0.15, -0.1) is 0 Å². The van der Waals surface area contributed by atoms with Crippen molar-refractivity contribution < 1.29 is 28.2 Å². The monoisotopic (exact) mass is 306 g/mol. The summed E-state index contributed by atoms with van der Waals surface area (Å²) in [6.45, 7) is 0. The molecule has 0 aliphatic rings. The first-order valence-corrected chi connectivity index (χ1v) is 6.40. The third-order valence-electron chi connectivity index (χ3n) is 2.97. The maximum absolute atomic E-state index is 12.9.